The highest BCUT2D eigenvalue weighted by atomic mass is 32.1. The van der Waals surface area contributed by atoms with Gasteiger partial charge in [0.2, 0.25) is 5.78 Å². The normalized spacial score (nSPS) is 12.8. The lowest BCUT2D eigenvalue weighted by atomic mass is 10.1. The number of amides is 1. The molecule has 0 unspecified atom stereocenters. The summed E-state index contributed by atoms with van der Waals surface area (Å²) in [5.74, 6) is -1.97. The molecule has 1 rings (SSSR count). The quantitative estimate of drug-likeness (QED) is 0.294. The summed E-state index contributed by atoms with van der Waals surface area (Å²) in [7, 11) is 0. The number of Topliss-reactive ketones (excluding diaryl/α,β-unsaturated/α-hetero) is 1. The van der Waals surface area contributed by atoms with E-state index in [4.69, 9.17) is 10.3 Å². The highest BCUT2D eigenvalue weighted by Crippen LogP contribution is 2.17. The van der Waals surface area contributed by atoms with Gasteiger partial charge in [-0.2, -0.15) is 16.1 Å². The molecule has 24 heavy (non-hydrogen) atoms. The summed E-state index contributed by atoms with van der Waals surface area (Å²) in [4.78, 5) is 38.1. The Balaban J connectivity index is 2.76. The number of hydrogen-bond acceptors (Lipinski definition) is 6. The number of esters is 1. The van der Waals surface area contributed by atoms with E-state index < -0.39 is 35.9 Å². The lowest BCUT2D eigenvalue weighted by molar-refractivity contribution is -0.152. The van der Waals surface area contributed by atoms with Crippen LogP contribution in [0.25, 0.3) is 5.53 Å². The first kappa shape index (κ1) is 19.7. The van der Waals surface area contributed by atoms with Crippen LogP contribution in [0.2, 0.25) is 0 Å². The fourth-order valence-corrected chi connectivity index (χ4v) is 2.49. The molecule has 0 bridgehead atoms. The number of carbonyl (C=O) groups is 3. The number of aliphatic hydroxyl groups excluding tert-OH is 1. The topological polar surface area (TPSA) is 129 Å². The van der Waals surface area contributed by atoms with E-state index in [0.29, 0.717) is 11.8 Å². The molecule has 1 aromatic heterocycles. The molecule has 2 N–H and O–H groups in total. The maximum Gasteiger partial charge on any atom is 0.328 e. The van der Waals surface area contributed by atoms with Gasteiger partial charge >= 0.3 is 12.2 Å². The third-order valence-electron chi connectivity index (χ3n) is 2.94. The SMILES string of the molecule is CC(C)OC(=O)[C@H](CCC(=O)C=[N+]=[N-])NC(=O)[C@@H](O)c1ccsc1. The van der Waals surface area contributed by atoms with Crippen molar-refractivity contribution >= 4 is 35.2 Å². The summed E-state index contributed by atoms with van der Waals surface area (Å²) in [6, 6.07) is 0.502. The molecule has 0 fully saturated rings. The molecule has 0 aliphatic rings. The van der Waals surface area contributed by atoms with E-state index in [1.165, 1.54) is 11.3 Å². The lowest BCUT2D eigenvalue weighted by Crippen LogP contribution is -2.44. The minimum absolute atomic E-state index is 0.0432. The summed E-state index contributed by atoms with van der Waals surface area (Å²) >= 11 is 1.32. The van der Waals surface area contributed by atoms with Gasteiger partial charge in [0.1, 0.15) is 6.04 Å². The molecule has 8 nitrogen and oxygen atoms in total. The van der Waals surface area contributed by atoms with Gasteiger partial charge in [-0.1, -0.05) is 0 Å². The molecule has 1 heterocycles. The van der Waals surface area contributed by atoms with Gasteiger partial charge in [-0.05, 0) is 37.1 Å². The summed E-state index contributed by atoms with van der Waals surface area (Å²) in [5.41, 5.74) is 8.72. The van der Waals surface area contributed by atoms with Gasteiger partial charge in [-0.15, -0.1) is 0 Å². The van der Waals surface area contributed by atoms with E-state index in [-0.39, 0.29) is 12.8 Å². The zero-order valence-corrected chi connectivity index (χ0v) is 14.2. The number of thiophene rings is 1. The molecule has 130 valence electrons. The number of nitrogens with one attached hydrogen (secondary N) is 1. The van der Waals surface area contributed by atoms with E-state index in [1.54, 1.807) is 30.7 Å². The minimum Gasteiger partial charge on any atom is -0.461 e. The van der Waals surface area contributed by atoms with Crippen molar-refractivity contribution in [3.8, 4) is 0 Å². The summed E-state index contributed by atoms with van der Waals surface area (Å²) < 4.78 is 5.05. The number of nitrogens with zero attached hydrogens (tertiary/aromatic N) is 2. The van der Waals surface area contributed by atoms with Gasteiger partial charge in [0.15, 0.2) is 6.10 Å². The van der Waals surface area contributed by atoms with Crippen LogP contribution < -0.4 is 5.32 Å². The van der Waals surface area contributed by atoms with Gasteiger partial charge in [0.25, 0.3) is 5.91 Å². The van der Waals surface area contributed by atoms with Crippen LogP contribution in [0.3, 0.4) is 0 Å². The van der Waals surface area contributed by atoms with Gasteiger partial charge in [-0.25, -0.2) is 4.79 Å². The Morgan fingerprint density at radius 3 is 2.71 bits per heavy atom. The molecule has 0 spiro atoms. The zero-order valence-electron chi connectivity index (χ0n) is 13.3. The number of ether oxygens (including phenoxy) is 1. The average Bonchev–Trinajstić information content (AvgIpc) is 3.04. The van der Waals surface area contributed by atoms with Crippen LogP contribution >= 0.6 is 11.3 Å². The molecule has 9 heteroatoms. The van der Waals surface area contributed by atoms with Crippen LogP contribution in [0.1, 0.15) is 38.4 Å². The first-order valence-electron chi connectivity index (χ1n) is 7.26. The Morgan fingerprint density at radius 1 is 1.46 bits per heavy atom. The predicted molar refractivity (Wildman–Crippen MR) is 86.4 cm³/mol. The fourth-order valence-electron chi connectivity index (χ4n) is 1.81. The van der Waals surface area contributed by atoms with Crippen molar-refractivity contribution in [2.75, 3.05) is 0 Å². The van der Waals surface area contributed by atoms with Crippen molar-refractivity contribution in [1.82, 2.24) is 5.32 Å². The second-order valence-corrected chi connectivity index (χ2v) is 6.04. The molecule has 2 atom stereocenters. The van der Waals surface area contributed by atoms with Crippen LogP contribution in [0, 0.1) is 0 Å². The molecule has 0 aliphatic heterocycles. The van der Waals surface area contributed by atoms with Crippen molar-refractivity contribution < 1.29 is 29.0 Å². The Hall–Kier alpha value is -2.35. The van der Waals surface area contributed by atoms with Crippen LogP contribution in [0.4, 0.5) is 0 Å². The second kappa shape index (κ2) is 9.71. The highest BCUT2D eigenvalue weighted by Gasteiger charge is 2.27. The Bertz CT molecular complexity index is 623. The lowest BCUT2D eigenvalue weighted by Gasteiger charge is -2.20. The van der Waals surface area contributed by atoms with Crippen LogP contribution in [-0.4, -0.2) is 45.9 Å². The van der Waals surface area contributed by atoms with Gasteiger partial charge in [-0.3, -0.25) is 9.59 Å². The van der Waals surface area contributed by atoms with Gasteiger partial charge in [0, 0.05) is 12.0 Å². The van der Waals surface area contributed by atoms with Gasteiger partial charge in [0.05, 0.1) is 6.10 Å². The highest BCUT2D eigenvalue weighted by molar-refractivity contribution is 7.08. The number of carbonyl (C=O) groups excluding carboxylic acids is 3. The number of ketones is 1. The largest absolute Gasteiger partial charge is 0.461 e. The number of aliphatic hydroxyl groups is 1. The number of hydrogen-bond donors (Lipinski definition) is 2. The van der Waals surface area contributed by atoms with Crippen molar-refractivity contribution in [3.63, 3.8) is 0 Å². The first-order chi connectivity index (χ1) is 11.3. The molecule has 0 aliphatic carbocycles. The standard InChI is InChI=1S/C15H19N3O5S/c1-9(2)23-15(22)12(4-3-11(19)7-17-16)18-14(21)13(20)10-5-6-24-8-10/h5-9,12-13,20H,3-4H2,1-2H3,(H,18,21)/t12-,13-/m0/s1. The van der Waals surface area contributed by atoms with E-state index in [0.717, 1.165) is 0 Å². The zero-order chi connectivity index (χ0) is 18.1. The second-order valence-electron chi connectivity index (χ2n) is 5.26. The summed E-state index contributed by atoms with van der Waals surface area (Å²) in [6.45, 7) is 3.31. The van der Waals surface area contributed by atoms with Crippen LogP contribution in [-0.2, 0) is 19.1 Å². The maximum atomic E-state index is 12.1. The van der Waals surface area contributed by atoms with Crippen molar-refractivity contribution in [2.45, 2.75) is 44.9 Å². The molecule has 1 aromatic rings. The molecule has 0 saturated heterocycles. The molecular weight excluding hydrogens is 334 g/mol. The molecule has 0 saturated carbocycles. The minimum atomic E-state index is -1.42. The number of rotatable bonds is 9. The Morgan fingerprint density at radius 2 is 2.17 bits per heavy atom. The van der Waals surface area contributed by atoms with Crippen molar-refractivity contribution in [2.24, 2.45) is 0 Å². The third kappa shape index (κ3) is 6.41. The monoisotopic (exact) mass is 353 g/mol. The predicted octanol–water partition coefficient (Wildman–Crippen LogP) is 0.868. The van der Waals surface area contributed by atoms with E-state index >= 15 is 0 Å². The van der Waals surface area contributed by atoms with E-state index in [1.807, 2.05) is 0 Å². The average molecular weight is 353 g/mol. The van der Waals surface area contributed by atoms with Crippen molar-refractivity contribution in [3.05, 3.63) is 27.9 Å². The Labute approximate surface area is 143 Å². The maximum absolute atomic E-state index is 12.1. The van der Waals surface area contributed by atoms with Crippen LogP contribution in [0.15, 0.2) is 16.8 Å². The smallest absolute Gasteiger partial charge is 0.328 e. The Kier molecular flexibility index (Phi) is 7.97. The molecular formula is C15H19N3O5S. The van der Waals surface area contributed by atoms with Gasteiger partial charge < -0.3 is 20.7 Å². The summed E-state index contributed by atoms with van der Waals surface area (Å²) in [6.07, 6.45) is -1.27. The van der Waals surface area contributed by atoms with E-state index in [9.17, 15) is 19.5 Å². The first-order valence-corrected chi connectivity index (χ1v) is 8.20. The molecule has 0 radical (unpaired) electrons. The molecule has 0 aromatic carbocycles. The molecule has 1 amide bonds. The van der Waals surface area contributed by atoms with E-state index in [2.05, 4.69) is 10.1 Å². The van der Waals surface area contributed by atoms with Crippen molar-refractivity contribution in [1.29, 1.82) is 0 Å². The van der Waals surface area contributed by atoms with Crippen LogP contribution in [0.5, 0.6) is 0 Å². The third-order valence-corrected chi connectivity index (χ3v) is 3.64. The fraction of sp³-hybridized carbons (Fsp3) is 0.467. The summed E-state index contributed by atoms with van der Waals surface area (Å²) in [5, 5.41) is 15.7.